The number of alkyl halides is 2. The number of nitrogens with one attached hydrogen (secondary N) is 1. The van der Waals surface area contributed by atoms with Gasteiger partial charge in [-0.15, -0.1) is 12.4 Å². The van der Waals surface area contributed by atoms with Crippen LogP contribution in [0.3, 0.4) is 0 Å². The smallest absolute Gasteiger partial charge is 0.258 e. The van der Waals surface area contributed by atoms with Crippen molar-refractivity contribution < 1.29 is 8.78 Å². The average Bonchev–Trinajstić information content (AvgIpc) is 2.31. The quantitative estimate of drug-likeness (QED) is 0.899. The van der Waals surface area contributed by atoms with Crippen LogP contribution in [0.5, 0.6) is 0 Å². The zero-order valence-electron chi connectivity index (χ0n) is 10.7. The van der Waals surface area contributed by atoms with Crippen molar-refractivity contribution in [3.63, 3.8) is 0 Å². The lowest BCUT2D eigenvalue weighted by Crippen LogP contribution is -2.62. The van der Waals surface area contributed by atoms with Crippen LogP contribution >= 0.6 is 12.4 Å². The van der Waals surface area contributed by atoms with E-state index < -0.39 is 17.8 Å². The van der Waals surface area contributed by atoms with Gasteiger partial charge >= 0.3 is 0 Å². The molecule has 1 aromatic carbocycles. The molecule has 2 bridgehead atoms. The summed E-state index contributed by atoms with van der Waals surface area (Å²) >= 11 is 0. The van der Waals surface area contributed by atoms with Gasteiger partial charge in [0.25, 0.3) is 5.92 Å². The monoisotopic (exact) mass is 288 g/mol. The van der Waals surface area contributed by atoms with Gasteiger partial charge < -0.3 is 5.32 Å². The fraction of sp³-hybridized carbons (Fsp3) is 0.571. The van der Waals surface area contributed by atoms with Crippen LogP contribution in [0.2, 0.25) is 0 Å². The van der Waals surface area contributed by atoms with Crippen LogP contribution in [0, 0.1) is 11.8 Å². The Morgan fingerprint density at radius 3 is 2.26 bits per heavy atom. The molecule has 2 heterocycles. The Morgan fingerprint density at radius 2 is 1.68 bits per heavy atom. The van der Waals surface area contributed by atoms with Gasteiger partial charge in [0.05, 0.1) is 0 Å². The molecule has 0 aromatic heterocycles. The number of hydrogen-bond acceptors (Lipinski definition) is 2. The highest BCUT2D eigenvalue weighted by atomic mass is 35.5. The third-order valence-electron chi connectivity index (χ3n) is 4.08. The van der Waals surface area contributed by atoms with E-state index in [-0.39, 0.29) is 12.4 Å². The molecule has 5 heteroatoms. The highest BCUT2D eigenvalue weighted by Crippen LogP contribution is 2.40. The number of rotatable bonds is 2. The highest BCUT2D eigenvalue weighted by molar-refractivity contribution is 5.85. The summed E-state index contributed by atoms with van der Waals surface area (Å²) in [5.74, 6) is -3.55. The van der Waals surface area contributed by atoms with E-state index in [9.17, 15) is 8.78 Å². The summed E-state index contributed by atoms with van der Waals surface area (Å²) in [6.07, 6.45) is 0. The first-order valence-electron chi connectivity index (χ1n) is 6.51. The molecule has 0 saturated carbocycles. The van der Waals surface area contributed by atoms with Crippen LogP contribution in [0.15, 0.2) is 30.3 Å². The summed E-state index contributed by atoms with van der Waals surface area (Å²) in [5.41, 5.74) is 1.20. The first-order chi connectivity index (χ1) is 8.66. The van der Waals surface area contributed by atoms with Gasteiger partial charge in [0.15, 0.2) is 0 Å². The third-order valence-corrected chi connectivity index (χ3v) is 4.08. The van der Waals surface area contributed by atoms with Crippen molar-refractivity contribution in [3.05, 3.63) is 35.9 Å². The Kier molecular flexibility index (Phi) is 4.43. The summed E-state index contributed by atoms with van der Waals surface area (Å²) in [5, 5.41) is 3.12. The largest absolute Gasteiger partial charge is 0.316 e. The standard InChI is InChI=1S/C14H18F2N2.ClH/c15-14(16)12-6-17-7-13(14)10-18(9-12)8-11-4-2-1-3-5-11;/h1-5,12-13,17H,6-10H2;1H. The minimum atomic E-state index is -2.49. The molecule has 19 heavy (non-hydrogen) atoms. The second kappa shape index (κ2) is 5.73. The van der Waals surface area contributed by atoms with Crippen LogP contribution in [0.4, 0.5) is 8.78 Å². The van der Waals surface area contributed by atoms with Crippen molar-refractivity contribution in [2.45, 2.75) is 12.5 Å². The molecule has 0 aliphatic carbocycles. The van der Waals surface area contributed by atoms with E-state index in [1.54, 1.807) is 0 Å². The van der Waals surface area contributed by atoms with Gasteiger partial charge in [0.1, 0.15) is 0 Å². The normalized spacial score (nSPS) is 29.6. The molecule has 0 amide bonds. The van der Waals surface area contributed by atoms with Gasteiger partial charge in [-0.3, -0.25) is 4.90 Å². The molecule has 1 aromatic rings. The summed E-state index contributed by atoms with van der Waals surface area (Å²) in [6.45, 7) is 2.64. The van der Waals surface area contributed by atoms with Crippen LogP contribution in [-0.4, -0.2) is 37.0 Å². The number of fused-ring (bicyclic) bond motifs is 2. The van der Waals surface area contributed by atoms with Crippen molar-refractivity contribution in [2.75, 3.05) is 26.2 Å². The summed E-state index contributed by atoms with van der Waals surface area (Å²) < 4.78 is 27.9. The Labute approximate surface area is 118 Å². The molecule has 2 aliphatic rings. The Bertz CT molecular complexity index is 397. The first-order valence-corrected chi connectivity index (χ1v) is 6.51. The minimum absolute atomic E-state index is 0. The fourth-order valence-corrected chi connectivity index (χ4v) is 3.08. The molecular formula is C14H19ClF2N2. The van der Waals surface area contributed by atoms with E-state index in [2.05, 4.69) is 22.3 Å². The maximum absolute atomic E-state index is 14.0. The lowest BCUT2D eigenvalue weighted by atomic mass is 9.81. The number of piperidine rings is 2. The summed E-state index contributed by atoms with van der Waals surface area (Å²) in [4.78, 5) is 2.17. The zero-order valence-corrected chi connectivity index (χ0v) is 11.5. The van der Waals surface area contributed by atoms with Gasteiger partial charge in [-0.05, 0) is 5.56 Å². The predicted octanol–water partition coefficient (Wildman–Crippen LogP) is 2.39. The van der Waals surface area contributed by atoms with Gasteiger partial charge in [-0.25, -0.2) is 8.78 Å². The average molecular weight is 289 g/mol. The number of likely N-dealkylation sites (tertiary alicyclic amines) is 1. The van der Waals surface area contributed by atoms with E-state index >= 15 is 0 Å². The van der Waals surface area contributed by atoms with Crippen LogP contribution in [0.1, 0.15) is 5.56 Å². The van der Waals surface area contributed by atoms with Gasteiger partial charge in [0, 0.05) is 44.6 Å². The van der Waals surface area contributed by atoms with Crippen molar-refractivity contribution in [2.24, 2.45) is 11.8 Å². The highest BCUT2D eigenvalue weighted by Gasteiger charge is 2.53. The molecule has 2 fully saturated rings. The van der Waals surface area contributed by atoms with E-state index in [1.165, 1.54) is 5.56 Å². The first kappa shape index (κ1) is 14.7. The fourth-order valence-electron chi connectivity index (χ4n) is 3.08. The molecule has 2 atom stereocenters. The van der Waals surface area contributed by atoms with Crippen LogP contribution in [-0.2, 0) is 6.54 Å². The summed E-state index contributed by atoms with van der Waals surface area (Å²) in [7, 11) is 0. The third kappa shape index (κ3) is 2.91. The molecule has 2 saturated heterocycles. The maximum Gasteiger partial charge on any atom is 0.258 e. The number of halogens is 3. The van der Waals surface area contributed by atoms with Gasteiger partial charge in [-0.2, -0.15) is 0 Å². The lowest BCUT2D eigenvalue weighted by Gasteiger charge is -2.47. The molecule has 0 radical (unpaired) electrons. The van der Waals surface area contributed by atoms with Crippen molar-refractivity contribution in [1.82, 2.24) is 10.2 Å². The molecular weight excluding hydrogens is 270 g/mol. The molecule has 106 valence electrons. The molecule has 3 rings (SSSR count). The number of benzene rings is 1. The van der Waals surface area contributed by atoms with Gasteiger partial charge in [0.2, 0.25) is 0 Å². The zero-order chi connectivity index (χ0) is 12.6. The van der Waals surface area contributed by atoms with E-state index in [0.717, 1.165) is 6.54 Å². The second-order valence-corrected chi connectivity index (χ2v) is 5.41. The van der Waals surface area contributed by atoms with Crippen LogP contribution in [0.25, 0.3) is 0 Å². The molecule has 1 N–H and O–H groups in total. The lowest BCUT2D eigenvalue weighted by molar-refractivity contribution is -0.164. The van der Waals surface area contributed by atoms with Crippen molar-refractivity contribution >= 4 is 12.4 Å². The Balaban J connectivity index is 0.00000133. The van der Waals surface area contributed by atoms with E-state index in [4.69, 9.17) is 0 Å². The second-order valence-electron chi connectivity index (χ2n) is 5.41. The topological polar surface area (TPSA) is 15.3 Å². The number of hydrogen-bond donors (Lipinski definition) is 1. The van der Waals surface area contributed by atoms with E-state index in [1.807, 2.05) is 18.2 Å². The summed E-state index contributed by atoms with van der Waals surface area (Å²) in [6, 6.07) is 10.1. The Hall–Kier alpha value is -0.710. The molecule has 2 unspecified atom stereocenters. The van der Waals surface area contributed by atoms with Crippen molar-refractivity contribution in [1.29, 1.82) is 0 Å². The van der Waals surface area contributed by atoms with Gasteiger partial charge in [-0.1, -0.05) is 30.3 Å². The van der Waals surface area contributed by atoms with Crippen molar-refractivity contribution in [3.8, 4) is 0 Å². The molecule has 0 spiro atoms. The molecule has 2 aliphatic heterocycles. The van der Waals surface area contributed by atoms with E-state index in [0.29, 0.717) is 26.2 Å². The number of nitrogens with zero attached hydrogens (tertiary/aromatic N) is 1. The molecule has 2 nitrogen and oxygen atoms in total. The predicted molar refractivity (Wildman–Crippen MR) is 73.8 cm³/mol. The van der Waals surface area contributed by atoms with Crippen LogP contribution < -0.4 is 5.32 Å². The Morgan fingerprint density at radius 1 is 1.11 bits per heavy atom. The minimum Gasteiger partial charge on any atom is -0.316 e. The maximum atomic E-state index is 14.0. The SMILES string of the molecule is Cl.FC1(F)C2CNCC1CN(Cc1ccccc1)C2.